The summed E-state index contributed by atoms with van der Waals surface area (Å²) in [4.78, 5) is 61.0. The first-order valence-corrected chi connectivity index (χ1v) is 18.2. The second-order valence-electron chi connectivity index (χ2n) is 14.2. The number of rotatable bonds is 5. The molecule has 270 valence electrons. The summed E-state index contributed by atoms with van der Waals surface area (Å²) in [5, 5.41) is 15.9. The molecule has 1 spiro atoms. The summed E-state index contributed by atoms with van der Waals surface area (Å²) in [7, 11) is 0. The number of amides is 3. The molecule has 3 amide bonds. The summed E-state index contributed by atoms with van der Waals surface area (Å²) in [6.45, 7) is 1.51. The summed E-state index contributed by atoms with van der Waals surface area (Å²) in [5.74, 6) is -4.04. The van der Waals surface area contributed by atoms with E-state index in [1.165, 1.54) is 4.90 Å². The van der Waals surface area contributed by atoms with Crippen LogP contribution in [0, 0.1) is 11.8 Å². The third-order valence-electron chi connectivity index (χ3n) is 11.0. The average molecular weight is 712 g/mol. The van der Waals surface area contributed by atoms with E-state index in [-0.39, 0.29) is 18.9 Å². The predicted molar refractivity (Wildman–Crippen MR) is 198 cm³/mol. The lowest BCUT2D eigenvalue weighted by atomic mass is 9.77. The van der Waals surface area contributed by atoms with Gasteiger partial charge >= 0.3 is 5.97 Å². The van der Waals surface area contributed by atoms with E-state index in [9.17, 15) is 14.7 Å². The van der Waals surface area contributed by atoms with Crippen molar-refractivity contribution >= 4 is 40.2 Å². The predicted octanol–water partition coefficient (Wildman–Crippen LogP) is 5.20. The fraction of sp³-hybridized carbons (Fsp3) is 0.302. The molecule has 0 radical (unpaired) electrons. The first-order chi connectivity index (χ1) is 25.8. The molecule has 10 nitrogen and oxygen atoms in total. The van der Waals surface area contributed by atoms with Crippen LogP contribution in [0.15, 0.2) is 127 Å². The molecule has 4 aromatic rings. The number of cyclic esters (lactones) is 1. The Morgan fingerprint density at radius 2 is 1.58 bits per heavy atom. The Labute approximate surface area is 307 Å². The number of anilines is 1. The molecule has 4 aromatic carbocycles. The van der Waals surface area contributed by atoms with Gasteiger partial charge in [-0.05, 0) is 47.4 Å². The van der Waals surface area contributed by atoms with Crippen LogP contribution in [0.1, 0.15) is 43.0 Å². The third-order valence-corrected chi connectivity index (χ3v) is 11.0. The first-order valence-electron chi connectivity index (χ1n) is 18.2. The fourth-order valence-corrected chi connectivity index (χ4v) is 8.59. The number of fused-ring (bicyclic) bond motifs is 3. The van der Waals surface area contributed by atoms with Crippen LogP contribution in [-0.2, 0) is 28.7 Å². The molecule has 4 heterocycles. The summed E-state index contributed by atoms with van der Waals surface area (Å²) in [6, 6.07) is 29.2. The van der Waals surface area contributed by atoms with Gasteiger partial charge in [-0.25, -0.2) is 0 Å². The first kappa shape index (κ1) is 34.5. The largest absolute Gasteiger partial charge is 0.455 e. The van der Waals surface area contributed by atoms with E-state index < -0.39 is 72.2 Å². The molecule has 2 saturated heterocycles. The van der Waals surface area contributed by atoms with E-state index >= 15 is 9.59 Å². The highest BCUT2D eigenvalue weighted by Gasteiger charge is 2.72. The molecule has 0 aliphatic carbocycles. The Bertz CT molecular complexity index is 2100. The number of likely N-dealkylation sites (tertiary alicyclic amines) is 1. The number of nitrogens with zero attached hydrogens (tertiary/aromatic N) is 2. The molecular formula is C43H41N3O7. The maximum absolute atomic E-state index is 15.2. The SMILES string of the molecule is C[C@@H]1NC(=O)CC/C=C\[C@@H]2O[C@@]34C=CCN(c5ccc6ccccc6c5)C(=O)[C@@H]3N([C@H](CO)c3ccccc3)C(=O)[C@H]4[C@@H]2C(=O)O[C@H]1c1ccccc1. The van der Waals surface area contributed by atoms with Crippen molar-refractivity contribution in [2.45, 2.75) is 55.7 Å². The van der Waals surface area contributed by atoms with Crippen LogP contribution in [-0.4, -0.2) is 70.6 Å². The van der Waals surface area contributed by atoms with Gasteiger partial charge in [-0.15, -0.1) is 0 Å². The number of aliphatic hydroxyl groups is 1. The van der Waals surface area contributed by atoms with Crippen LogP contribution in [0.25, 0.3) is 10.8 Å². The van der Waals surface area contributed by atoms with Crippen molar-refractivity contribution < 1.29 is 33.8 Å². The molecule has 10 heteroatoms. The number of hydrogen-bond donors (Lipinski definition) is 2. The highest BCUT2D eigenvalue weighted by molar-refractivity contribution is 6.06. The molecule has 4 aliphatic heterocycles. The van der Waals surface area contributed by atoms with Crippen LogP contribution in [0.5, 0.6) is 0 Å². The Morgan fingerprint density at radius 3 is 2.34 bits per heavy atom. The monoisotopic (exact) mass is 711 g/mol. The second-order valence-corrected chi connectivity index (χ2v) is 14.2. The number of aliphatic hydroxyl groups excluding tert-OH is 1. The van der Waals surface area contributed by atoms with Gasteiger partial charge in [-0.3, -0.25) is 19.2 Å². The Hall–Kier alpha value is -5.58. The number of hydrogen-bond acceptors (Lipinski definition) is 7. The molecule has 2 N–H and O–H groups in total. The van der Waals surface area contributed by atoms with E-state index in [4.69, 9.17) is 9.47 Å². The zero-order valence-electron chi connectivity index (χ0n) is 29.3. The standard InChI is InChI=1S/C43H41N3O7/c1-27-38(30-16-6-3-7-17-30)52-42(51)36-34(19-10-11-20-35(48)44-27)53-43-23-12-24-45(32-22-21-28-13-8-9-18-31(28)25-32)41(50)39(43)46(40(49)37(36)43)33(26-47)29-14-4-2-5-15-29/h2-10,12-19,21-23,25,27,33-34,36-39,47H,11,20,24,26H2,1H3,(H,44,48)/b19-10-/t27-,33+,34-,36+,37+,38+,39-,43+/m0/s1. The van der Waals surface area contributed by atoms with Crippen molar-refractivity contribution in [3.05, 3.63) is 139 Å². The molecule has 0 saturated carbocycles. The van der Waals surface area contributed by atoms with Gasteiger partial charge in [0.25, 0.3) is 5.91 Å². The Balaban J connectivity index is 1.26. The molecule has 8 rings (SSSR count). The van der Waals surface area contributed by atoms with Gasteiger partial charge < -0.3 is 29.7 Å². The van der Waals surface area contributed by atoms with E-state index in [1.807, 2.05) is 109 Å². The number of benzene rings is 4. The quantitative estimate of drug-likeness (QED) is 0.216. The van der Waals surface area contributed by atoms with Crippen LogP contribution in [0.3, 0.4) is 0 Å². The fourth-order valence-electron chi connectivity index (χ4n) is 8.59. The van der Waals surface area contributed by atoms with Gasteiger partial charge in [0, 0.05) is 18.7 Å². The van der Waals surface area contributed by atoms with E-state index in [1.54, 1.807) is 30.1 Å². The highest BCUT2D eigenvalue weighted by atomic mass is 16.6. The summed E-state index contributed by atoms with van der Waals surface area (Å²) in [6.07, 6.45) is 5.87. The Morgan fingerprint density at radius 1 is 0.868 bits per heavy atom. The van der Waals surface area contributed by atoms with Gasteiger partial charge in [-0.1, -0.05) is 115 Å². The van der Waals surface area contributed by atoms with E-state index in [2.05, 4.69) is 5.32 Å². The molecule has 0 aromatic heterocycles. The van der Waals surface area contributed by atoms with Gasteiger partial charge in [0.2, 0.25) is 11.8 Å². The number of carbonyl (C=O) groups excluding carboxylic acids is 4. The molecule has 0 bridgehead atoms. The smallest absolute Gasteiger partial charge is 0.313 e. The molecule has 0 unspecified atom stereocenters. The number of esters is 1. The van der Waals surface area contributed by atoms with E-state index in [0.717, 1.165) is 10.8 Å². The number of allylic oxidation sites excluding steroid dienone is 1. The van der Waals surface area contributed by atoms with Gasteiger partial charge in [0.1, 0.15) is 23.7 Å². The summed E-state index contributed by atoms with van der Waals surface area (Å²) < 4.78 is 13.2. The minimum absolute atomic E-state index is 0.188. The van der Waals surface area contributed by atoms with Crippen LogP contribution in [0.4, 0.5) is 5.69 Å². The number of ether oxygens (including phenoxy) is 2. The zero-order valence-corrected chi connectivity index (χ0v) is 29.3. The van der Waals surface area contributed by atoms with E-state index in [0.29, 0.717) is 23.2 Å². The number of nitrogens with one attached hydrogen (secondary N) is 1. The minimum Gasteiger partial charge on any atom is -0.455 e. The van der Waals surface area contributed by atoms with Gasteiger partial charge in [0.05, 0.1) is 30.7 Å². The summed E-state index contributed by atoms with van der Waals surface area (Å²) >= 11 is 0. The lowest BCUT2D eigenvalue weighted by molar-refractivity contribution is -0.161. The third kappa shape index (κ3) is 6.01. The molecule has 53 heavy (non-hydrogen) atoms. The van der Waals surface area contributed by atoms with Crippen LogP contribution < -0.4 is 10.2 Å². The minimum atomic E-state index is -1.58. The van der Waals surface area contributed by atoms with Crippen LogP contribution in [0.2, 0.25) is 0 Å². The average Bonchev–Trinajstić information content (AvgIpc) is 3.56. The van der Waals surface area contributed by atoms with Crippen LogP contribution >= 0.6 is 0 Å². The lowest BCUT2D eigenvalue weighted by Crippen LogP contribution is -2.56. The lowest BCUT2D eigenvalue weighted by Gasteiger charge is -2.38. The van der Waals surface area contributed by atoms with Crippen molar-refractivity contribution in [2.75, 3.05) is 18.1 Å². The topological polar surface area (TPSA) is 125 Å². The van der Waals surface area contributed by atoms with Crippen molar-refractivity contribution in [2.24, 2.45) is 11.8 Å². The van der Waals surface area contributed by atoms with Gasteiger partial charge in [-0.2, -0.15) is 0 Å². The number of carbonyl (C=O) groups is 4. The highest BCUT2D eigenvalue weighted by Crippen LogP contribution is 2.55. The molecule has 2 fully saturated rings. The van der Waals surface area contributed by atoms with Gasteiger partial charge in [0.15, 0.2) is 0 Å². The summed E-state index contributed by atoms with van der Waals surface area (Å²) in [5.41, 5.74) is 0.391. The molecular weight excluding hydrogens is 670 g/mol. The zero-order chi connectivity index (χ0) is 36.7. The van der Waals surface area contributed by atoms with Crippen molar-refractivity contribution in [1.29, 1.82) is 0 Å². The second kappa shape index (κ2) is 14.1. The van der Waals surface area contributed by atoms with Crippen molar-refractivity contribution in [1.82, 2.24) is 10.2 Å². The Kier molecular flexibility index (Phi) is 9.18. The maximum atomic E-state index is 15.2. The van der Waals surface area contributed by atoms with Crippen molar-refractivity contribution in [3.8, 4) is 0 Å². The normalized spacial score (nSPS) is 29.9. The molecule has 4 aliphatic rings. The van der Waals surface area contributed by atoms with Crippen molar-refractivity contribution in [3.63, 3.8) is 0 Å². The molecule has 8 atom stereocenters. The maximum Gasteiger partial charge on any atom is 0.313 e.